The quantitative estimate of drug-likeness (QED) is 0.0222. The zero-order valence-electron chi connectivity index (χ0n) is 67.2. The van der Waals surface area contributed by atoms with Gasteiger partial charge in [0.15, 0.2) is 12.2 Å². The topological polar surface area (TPSA) is 237 Å². The van der Waals surface area contributed by atoms with E-state index >= 15 is 0 Å². The number of carbonyl (C=O) groups is 4. The molecule has 0 amide bonds. The first-order chi connectivity index (χ1) is 49.1. The highest BCUT2D eigenvalue weighted by Gasteiger charge is 2.30. The summed E-state index contributed by atoms with van der Waals surface area (Å²) in [5.74, 6) is 0.998. The highest BCUT2D eigenvalue weighted by molar-refractivity contribution is 7.47. The van der Waals surface area contributed by atoms with Crippen LogP contribution in [0.4, 0.5) is 0 Å². The molecule has 606 valence electrons. The Hall–Kier alpha value is -1.94. The number of unbranched alkanes of at least 4 members (excludes halogenated alkanes) is 45. The van der Waals surface area contributed by atoms with Gasteiger partial charge in [-0.2, -0.15) is 0 Å². The first-order valence-corrected chi connectivity index (χ1v) is 45.7. The summed E-state index contributed by atoms with van der Waals surface area (Å²) >= 11 is 0. The van der Waals surface area contributed by atoms with Crippen molar-refractivity contribution in [1.29, 1.82) is 0 Å². The molecule has 102 heavy (non-hydrogen) atoms. The summed E-state index contributed by atoms with van der Waals surface area (Å²) in [5, 5.41) is 10.6. The van der Waals surface area contributed by atoms with E-state index in [1.54, 1.807) is 0 Å². The van der Waals surface area contributed by atoms with Gasteiger partial charge in [-0.25, -0.2) is 9.13 Å². The Kier molecular flexibility index (Phi) is 70.6. The Morgan fingerprint density at radius 2 is 0.471 bits per heavy atom. The lowest BCUT2D eigenvalue weighted by Crippen LogP contribution is -2.30. The van der Waals surface area contributed by atoms with Gasteiger partial charge in [-0.3, -0.25) is 37.3 Å². The summed E-state index contributed by atoms with van der Waals surface area (Å²) in [6.45, 7) is 14.3. The zero-order valence-corrected chi connectivity index (χ0v) is 69.0. The maximum atomic E-state index is 13.1. The van der Waals surface area contributed by atoms with Crippen molar-refractivity contribution in [1.82, 2.24) is 0 Å². The molecule has 0 rings (SSSR count). The van der Waals surface area contributed by atoms with Crippen LogP contribution in [-0.2, 0) is 65.4 Å². The zero-order chi connectivity index (χ0) is 75.3. The minimum atomic E-state index is -4.96. The molecular formula is C83H162O17P2. The Morgan fingerprint density at radius 3 is 0.696 bits per heavy atom. The lowest BCUT2D eigenvalue weighted by atomic mass is 9.99. The molecule has 0 fully saturated rings. The van der Waals surface area contributed by atoms with E-state index in [9.17, 15) is 43.2 Å². The van der Waals surface area contributed by atoms with Crippen molar-refractivity contribution in [2.75, 3.05) is 39.6 Å². The average molecular weight is 1490 g/mol. The van der Waals surface area contributed by atoms with E-state index in [0.29, 0.717) is 31.6 Å². The number of hydrogen-bond acceptors (Lipinski definition) is 15. The van der Waals surface area contributed by atoms with E-state index in [4.69, 9.17) is 37.0 Å². The molecule has 4 unspecified atom stereocenters. The molecule has 3 N–H and O–H groups in total. The maximum Gasteiger partial charge on any atom is 0.472 e. The van der Waals surface area contributed by atoms with Crippen LogP contribution >= 0.6 is 15.6 Å². The molecule has 19 heteroatoms. The van der Waals surface area contributed by atoms with Crippen LogP contribution in [0, 0.1) is 23.7 Å². The molecule has 0 aromatic heterocycles. The average Bonchev–Trinajstić information content (AvgIpc) is 1.00. The SMILES string of the molecule is CCC(C)CCCCCCCCCCCCC(=O)OC[C@H](COP(=O)(O)OCC(O)COP(=O)(O)OC[C@@H](COC(=O)CCCCCCCCC(C)C)OC(=O)CCCCCCCCCCCCCCCCCCCCC(C)C)OC(=O)CCCCCCCCCCCCCCCCCC(C)C. The highest BCUT2D eigenvalue weighted by atomic mass is 31.2. The van der Waals surface area contributed by atoms with Gasteiger partial charge in [0.1, 0.15) is 19.3 Å². The molecule has 6 atom stereocenters. The second-order valence-corrected chi connectivity index (χ2v) is 34.4. The molecule has 0 aromatic rings. The second-order valence-electron chi connectivity index (χ2n) is 31.5. The van der Waals surface area contributed by atoms with Gasteiger partial charge in [0.25, 0.3) is 0 Å². The molecule has 0 saturated carbocycles. The number of hydrogen-bond donors (Lipinski definition) is 3. The van der Waals surface area contributed by atoms with Crippen LogP contribution in [0.5, 0.6) is 0 Å². The van der Waals surface area contributed by atoms with E-state index in [-0.39, 0.29) is 25.7 Å². The van der Waals surface area contributed by atoms with Gasteiger partial charge in [-0.1, -0.05) is 376 Å². The lowest BCUT2D eigenvalue weighted by molar-refractivity contribution is -0.161. The molecule has 0 heterocycles. The number of esters is 4. The molecule has 0 aromatic carbocycles. The van der Waals surface area contributed by atoms with Crippen molar-refractivity contribution in [3.05, 3.63) is 0 Å². The number of carbonyl (C=O) groups excluding carboxylic acids is 4. The van der Waals surface area contributed by atoms with Crippen LogP contribution in [0.25, 0.3) is 0 Å². The normalized spacial score (nSPS) is 14.3. The fraction of sp³-hybridized carbons (Fsp3) is 0.952. The van der Waals surface area contributed by atoms with E-state index in [1.165, 1.54) is 225 Å². The summed E-state index contributed by atoms with van der Waals surface area (Å²) in [7, 11) is -9.92. The summed E-state index contributed by atoms with van der Waals surface area (Å²) < 4.78 is 68.7. The van der Waals surface area contributed by atoms with Gasteiger partial charge >= 0.3 is 39.5 Å². The smallest absolute Gasteiger partial charge is 0.462 e. The van der Waals surface area contributed by atoms with E-state index in [2.05, 4.69) is 55.4 Å². The van der Waals surface area contributed by atoms with Crippen LogP contribution < -0.4 is 0 Å². The molecule has 0 aliphatic carbocycles. The van der Waals surface area contributed by atoms with Crippen molar-refractivity contribution in [3.63, 3.8) is 0 Å². The summed E-state index contributed by atoms with van der Waals surface area (Å²) in [6.07, 6.45) is 59.8. The van der Waals surface area contributed by atoms with Crippen LogP contribution in [0.15, 0.2) is 0 Å². The van der Waals surface area contributed by atoms with Crippen molar-refractivity contribution >= 4 is 39.5 Å². The summed E-state index contributed by atoms with van der Waals surface area (Å²) in [4.78, 5) is 73.0. The van der Waals surface area contributed by atoms with Gasteiger partial charge in [0.05, 0.1) is 26.4 Å². The minimum Gasteiger partial charge on any atom is -0.462 e. The summed E-state index contributed by atoms with van der Waals surface area (Å²) in [5.41, 5.74) is 0. The number of rotatable bonds is 80. The Labute approximate surface area is 626 Å². The van der Waals surface area contributed by atoms with Crippen molar-refractivity contribution in [2.24, 2.45) is 23.7 Å². The van der Waals surface area contributed by atoms with E-state index < -0.39 is 97.5 Å². The first kappa shape index (κ1) is 100. The summed E-state index contributed by atoms with van der Waals surface area (Å²) in [6, 6.07) is 0. The fourth-order valence-corrected chi connectivity index (χ4v) is 14.3. The molecule has 0 aliphatic heterocycles. The van der Waals surface area contributed by atoms with Crippen molar-refractivity contribution < 1.29 is 80.2 Å². The number of phosphoric acid groups is 2. The van der Waals surface area contributed by atoms with Gasteiger partial charge < -0.3 is 33.8 Å². The number of ether oxygens (including phenoxy) is 4. The van der Waals surface area contributed by atoms with E-state index in [1.807, 2.05) is 0 Å². The highest BCUT2D eigenvalue weighted by Crippen LogP contribution is 2.45. The van der Waals surface area contributed by atoms with Crippen LogP contribution in [0.2, 0.25) is 0 Å². The molecule has 0 aliphatic rings. The van der Waals surface area contributed by atoms with Crippen LogP contribution in [0.3, 0.4) is 0 Å². The Morgan fingerprint density at radius 1 is 0.275 bits per heavy atom. The van der Waals surface area contributed by atoms with Crippen molar-refractivity contribution in [3.8, 4) is 0 Å². The monoisotopic (exact) mass is 1490 g/mol. The van der Waals surface area contributed by atoms with E-state index in [0.717, 1.165) is 114 Å². The molecular weight excluding hydrogens is 1330 g/mol. The van der Waals surface area contributed by atoms with Crippen molar-refractivity contribution in [2.45, 2.75) is 446 Å². The van der Waals surface area contributed by atoms with Crippen LogP contribution in [-0.4, -0.2) is 96.7 Å². The van der Waals surface area contributed by atoms with Gasteiger partial charge in [0.2, 0.25) is 0 Å². The number of phosphoric ester groups is 2. The third-order valence-electron chi connectivity index (χ3n) is 19.7. The Bertz CT molecular complexity index is 1990. The molecule has 0 radical (unpaired) electrons. The third kappa shape index (κ3) is 74.9. The predicted molar refractivity (Wildman–Crippen MR) is 418 cm³/mol. The molecule has 0 bridgehead atoms. The van der Waals surface area contributed by atoms with Gasteiger partial charge in [-0.15, -0.1) is 0 Å². The number of aliphatic hydroxyl groups excluding tert-OH is 1. The molecule has 0 saturated heterocycles. The minimum absolute atomic E-state index is 0.107. The van der Waals surface area contributed by atoms with Crippen LogP contribution in [0.1, 0.15) is 428 Å². The van der Waals surface area contributed by atoms with Gasteiger partial charge in [0, 0.05) is 25.7 Å². The first-order valence-electron chi connectivity index (χ1n) is 42.7. The maximum absolute atomic E-state index is 13.1. The number of aliphatic hydroxyl groups is 1. The Balaban J connectivity index is 5.19. The molecule has 17 nitrogen and oxygen atoms in total. The lowest BCUT2D eigenvalue weighted by Gasteiger charge is -2.21. The third-order valence-corrected chi connectivity index (χ3v) is 21.6. The molecule has 0 spiro atoms. The standard InChI is InChI=1S/C83H162O17P2/c1-9-76(8)62-54-46-37-31-27-28-32-38-47-55-63-80(85)93-69-78(99-82(87)65-58-50-40-34-26-22-18-14-16-20-24-30-36-44-52-60-74(4)5)71-97-101(89,90)95-67-77(84)68-96-102(91,92)98-72-79(70-94-81(86)64-56-48-42-41-45-53-61-75(6)7)100-83(88)66-57-49-39-33-25-21-17-13-11-10-12-15-19-23-29-35-43-51-59-73(2)3/h73-79,84H,9-72H2,1-8H3,(H,89,90)(H,91,92)/t76?,77?,78-,79-/m1/s1. The second kappa shape index (κ2) is 72.0. The largest absolute Gasteiger partial charge is 0.472 e. The van der Waals surface area contributed by atoms with Gasteiger partial charge in [-0.05, 0) is 49.4 Å². The fourth-order valence-electron chi connectivity index (χ4n) is 12.8. The predicted octanol–water partition coefficient (Wildman–Crippen LogP) is 24.8.